The molecule has 13 atom stereocenters. The number of benzene rings is 2. The summed E-state index contributed by atoms with van der Waals surface area (Å²) in [6, 6.07) is 7.35. The van der Waals surface area contributed by atoms with Gasteiger partial charge in [0.05, 0.1) is 19.8 Å². The highest BCUT2D eigenvalue weighted by Gasteiger charge is 2.49. The largest absolute Gasteiger partial charge is 0.508 e. The van der Waals surface area contributed by atoms with Crippen molar-refractivity contribution >= 4 is 11.0 Å². The number of aromatic hydroxyl groups is 3. The van der Waals surface area contributed by atoms with Gasteiger partial charge in [-0.15, -0.1) is 0 Å². The molecular weight excluding hydrogens is 676 g/mol. The number of hydrogen-bond donors (Lipinski definition) is 11. The molecule has 1 aromatic heterocycles. The Hall–Kier alpha value is -3.67. The summed E-state index contributed by atoms with van der Waals surface area (Å²) >= 11 is 0. The molecule has 3 fully saturated rings. The van der Waals surface area contributed by atoms with Crippen molar-refractivity contribution in [3.05, 3.63) is 46.6 Å². The molecule has 6 rings (SSSR count). The summed E-state index contributed by atoms with van der Waals surface area (Å²) < 4.78 is 38.9. The third kappa shape index (κ3) is 6.84. The molecule has 4 heterocycles. The Bertz CT molecular complexity index is 1700. The van der Waals surface area contributed by atoms with E-state index in [0.717, 1.165) is 12.1 Å². The van der Waals surface area contributed by atoms with Crippen LogP contribution in [-0.4, -0.2) is 156 Å². The van der Waals surface area contributed by atoms with Gasteiger partial charge in [0, 0.05) is 17.7 Å². The fourth-order valence-electron chi connectivity index (χ4n) is 5.82. The van der Waals surface area contributed by atoms with E-state index < -0.39 is 122 Å². The second-order valence-corrected chi connectivity index (χ2v) is 12.0. The summed E-state index contributed by atoms with van der Waals surface area (Å²) in [6.07, 6.45) is -21.5. The molecule has 3 aliphatic heterocycles. The summed E-state index contributed by atoms with van der Waals surface area (Å²) in [6.45, 7) is -1.71. The lowest BCUT2D eigenvalue weighted by atomic mass is 9.99. The fraction of sp³-hybridized carbons (Fsp3) is 0.516. The number of ether oxygens (including phenoxy) is 6. The van der Waals surface area contributed by atoms with Crippen molar-refractivity contribution in [3.8, 4) is 34.3 Å². The van der Waals surface area contributed by atoms with Gasteiger partial charge in [0.15, 0.2) is 18.3 Å². The molecule has 3 aromatic rings. The Morgan fingerprint density at radius 1 is 0.680 bits per heavy atom. The highest BCUT2D eigenvalue weighted by molar-refractivity contribution is 5.88. The molecule has 0 bridgehead atoms. The molecule has 3 saturated heterocycles. The van der Waals surface area contributed by atoms with Gasteiger partial charge in [0.25, 0.3) is 0 Å². The topological polar surface area (TPSA) is 308 Å². The zero-order valence-electron chi connectivity index (χ0n) is 25.8. The van der Waals surface area contributed by atoms with E-state index in [0.29, 0.717) is 0 Å². The van der Waals surface area contributed by atoms with E-state index in [9.17, 15) is 61.0 Å². The summed E-state index contributed by atoms with van der Waals surface area (Å²) in [5.74, 6) is -1.93. The van der Waals surface area contributed by atoms with Gasteiger partial charge in [-0.3, -0.25) is 4.79 Å². The van der Waals surface area contributed by atoms with Crippen molar-refractivity contribution in [1.82, 2.24) is 0 Å². The minimum atomic E-state index is -1.90. The quantitative estimate of drug-likeness (QED) is 0.109. The lowest BCUT2D eigenvalue weighted by molar-refractivity contribution is -0.354. The third-order valence-electron chi connectivity index (χ3n) is 8.62. The molecule has 2 aromatic carbocycles. The van der Waals surface area contributed by atoms with Crippen LogP contribution in [0.1, 0.15) is 0 Å². The number of fused-ring (bicyclic) bond motifs is 1. The highest BCUT2D eigenvalue weighted by Crippen LogP contribution is 2.37. The molecule has 19 heteroatoms. The highest BCUT2D eigenvalue weighted by atomic mass is 16.8. The van der Waals surface area contributed by atoms with E-state index in [-0.39, 0.29) is 28.0 Å². The molecule has 0 saturated carbocycles. The van der Waals surface area contributed by atoms with Crippen LogP contribution in [0.3, 0.4) is 0 Å². The van der Waals surface area contributed by atoms with Crippen molar-refractivity contribution in [2.24, 2.45) is 0 Å². The Labute approximate surface area is 280 Å². The van der Waals surface area contributed by atoms with E-state index in [1.54, 1.807) is 0 Å². The van der Waals surface area contributed by atoms with Gasteiger partial charge in [-0.1, -0.05) is 0 Å². The van der Waals surface area contributed by atoms with Crippen LogP contribution in [0, 0.1) is 0 Å². The zero-order chi connectivity index (χ0) is 36.0. The van der Waals surface area contributed by atoms with Crippen LogP contribution in [0.4, 0.5) is 0 Å². The first kappa shape index (κ1) is 36.1. The number of aliphatic hydroxyl groups excluding tert-OH is 8. The lowest BCUT2D eigenvalue weighted by Crippen LogP contribution is -2.63. The first-order valence-corrected chi connectivity index (χ1v) is 15.3. The molecule has 3 aliphatic rings. The minimum Gasteiger partial charge on any atom is -0.508 e. The first-order valence-electron chi connectivity index (χ1n) is 15.3. The maximum atomic E-state index is 13.6. The van der Waals surface area contributed by atoms with Gasteiger partial charge in [-0.2, -0.15) is 0 Å². The van der Waals surface area contributed by atoms with Crippen LogP contribution < -0.4 is 10.2 Å². The van der Waals surface area contributed by atoms with E-state index in [4.69, 9.17) is 32.8 Å². The van der Waals surface area contributed by atoms with E-state index in [2.05, 4.69) is 0 Å². The van der Waals surface area contributed by atoms with Crippen LogP contribution in [0.5, 0.6) is 23.0 Å². The summed E-state index contributed by atoms with van der Waals surface area (Å²) in [4.78, 5) is 13.6. The Morgan fingerprint density at radius 3 is 1.90 bits per heavy atom. The first-order chi connectivity index (χ1) is 23.8. The Morgan fingerprint density at radius 2 is 1.26 bits per heavy atom. The van der Waals surface area contributed by atoms with Crippen LogP contribution in [0.15, 0.2) is 45.6 Å². The maximum absolute atomic E-state index is 13.6. The Balaban J connectivity index is 1.14. The predicted octanol–water partition coefficient (Wildman–Crippen LogP) is -3.32. The smallest absolute Gasteiger partial charge is 0.239 e. The second-order valence-electron chi connectivity index (χ2n) is 12.0. The molecule has 0 aliphatic carbocycles. The van der Waals surface area contributed by atoms with Crippen molar-refractivity contribution in [3.63, 3.8) is 0 Å². The Kier molecular flexibility index (Phi) is 10.5. The van der Waals surface area contributed by atoms with Crippen molar-refractivity contribution in [2.75, 3.05) is 19.8 Å². The molecule has 19 nitrogen and oxygen atoms in total. The summed E-state index contributed by atoms with van der Waals surface area (Å²) in [7, 11) is 0. The number of rotatable bonds is 8. The van der Waals surface area contributed by atoms with Gasteiger partial charge >= 0.3 is 0 Å². The standard InChI is InChI=1S/C31H36O19/c32-7-15-19(36)23(40)26(43)31(47-15)49-17-9-44-29(24(41)21(17)38)48-16-8-45-30(25(42)20(16)37)50-28-22(39)18-13(35)5-12(34)6-14(18)46-27(28)10-1-3-11(33)4-2-10/h1-6,15-17,19-21,23-26,29-38,40-43H,7-9H2/t15-,16+,17-,19-,20+,21+,23+,24-,25-,26-,29+,30+,31+/m1/s1. The van der Waals surface area contributed by atoms with Crippen LogP contribution in [0.25, 0.3) is 22.3 Å². The molecule has 0 amide bonds. The normalized spacial score (nSPS) is 36.4. The molecule has 0 unspecified atom stereocenters. The molecule has 11 N–H and O–H groups in total. The molecule has 0 radical (unpaired) electrons. The molecular formula is C31H36O19. The zero-order valence-corrected chi connectivity index (χ0v) is 25.8. The fourth-order valence-corrected chi connectivity index (χ4v) is 5.82. The van der Waals surface area contributed by atoms with Gasteiger partial charge < -0.3 is 89.0 Å². The van der Waals surface area contributed by atoms with Crippen molar-refractivity contribution < 1.29 is 89.0 Å². The number of phenols is 3. The summed E-state index contributed by atoms with van der Waals surface area (Å²) in [5, 5.41) is 113. The minimum absolute atomic E-state index is 0.105. The van der Waals surface area contributed by atoms with Gasteiger partial charge in [0.2, 0.25) is 17.5 Å². The molecule has 274 valence electrons. The lowest BCUT2D eigenvalue weighted by Gasteiger charge is -2.44. The molecule has 50 heavy (non-hydrogen) atoms. The number of aliphatic hydroxyl groups is 8. The third-order valence-corrected chi connectivity index (χ3v) is 8.62. The predicted molar refractivity (Wildman–Crippen MR) is 161 cm³/mol. The average molecular weight is 713 g/mol. The van der Waals surface area contributed by atoms with E-state index in [1.165, 1.54) is 24.3 Å². The second kappa shape index (κ2) is 14.5. The van der Waals surface area contributed by atoms with Gasteiger partial charge in [-0.05, 0) is 24.3 Å². The monoisotopic (exact) mass is 712 g/mol. The van der Waals surface area contributed by atoms with Crippen molar-refractivity contribution in [2.45, 2.75) is 79.9 Å². The van der Waals surface area contributed by atoms with E-state index in [1.807, 2.05) is 0 Å². The number of hydrogen-bond acceptors (Lipinski definition) is 19. The SMILES string of the molecule is O=c1c(O[C@@H]2OC[C@H](O[C@@H]3OC[C@@H](O[C@@H]4O[C@H](CO)[C@@H](O)[C@H](O)[C@H]4O)[C@H](O)[C@H]3O)[C@H](O)[C@H]2O)c(-c2ccc(O)cc2)oc2cc(O)cc(O)c12. The molecule has 0 spiro atoms. The van der Waals surface area contributed by atoms with Crippen LogP contribution >= 0.6 is 0 Å². The van der Waals surface area contributed by atoms with Crippen LogP contribution in [-0.2, 0) is 23.7 Å². The van der Waals surface area contributed by atoms with Gasteiger partial charge in [-0.25, -0.2) is 0 Å². The average Bonchev–Trinajstić information content (AvgIpc) is 3.08. The van der Waals surface area contributed by atoms with Gasteiger partial charge in [0.1, 0.15) is 89.3 Å². The van der Waals surface area contributed by atoms with E-state index >= 15 is 0 Å². The van der Waals surface area contributed by atoms with Crippen LogP contribution in [0.2, 0.25) is 0 Å². The van der Waals surface area contributed by atoms with Crippen molar-refractivity contribution in [1.29, 1.82) is 0 Å². The number of phenolic OH excluding ortho intramolecular Hbond substituents is 3. The maximum Gasteiger partial charge on any atom is 0.239 e. The summed E-state index contributed by atoms with van der Waals surface area (Å²) in [5.41, 5.74) is -0.929.